The zero-order valence-corrected chi connectivity index (χ0v) is 12.3. The summed E-state index contributed by atoms with van der Waals surface area (Å²) < 4.78 is 30.2. The first-order valence-corrected chi connectivity index (χ1v) is 6.68. The Morgan fingerprint density at radius 3 is 2.43 bits per heavy atom. The average molecular weight is 295 g/mol. The largest absolute Gasteiger partial charge is 0.435 e. The Bertz CT molecular complexity index is 573. The van der Waals surface area contributed by atoms with Crippen molar-refractivity contribution in [3.8, 4) is 11.4 Å². The molecule has 21 heavy (non-hydrogen) atoms. The molecule has 0 bridgehead atoms. The van der Waals surface area contributed by atoms with Gasteiger partial charge in [0.1, 0.15) is 5.75 Å². The molecule has 0 amide bonds. The summed E-state index contributed by atoms with van der Waals surface area (Å²) in [5.41, 5.74) is 1.73. The molecule has 1 aromatic heterocycles. The third-order valence-electron chi connectivity index (χ3n) is 2.77. The number of rotatable bonds is 5. The van der Waals surface area contributed by atoms with Gasteiger partial charge in [-0.25, -0.2) is 4.68 Å². The molecule has 0 aliphatic carbocycles. The fourth-order valence-electron chi connectivity index (χ4n) is 1.74. The second kappa shape index (κ2) is 6.22. The maximum absolute atomic E-state index is 12.1. The number of aromatic nitrogens is 2. The molecule has 1 heterocycles. The van der Waals surface area contributed by atoms with Crippen molar-refractivity contribution >= 4 is 0 Å². The molecule has 114 valence electrons. The lowest BCUT2D eigenvalue weighted by Gasteiger charge is -2.19. The van der Waals surface area contributed by atoms with Crippen LogP contribution >= 0.6 is 0 Å². The first-order valence-electron chi connectivity index (χ1n) is 6.68. The highest BCUT2D eigenvalue weighted by molar-refractivity contribution is 5.36. The average Bonchev–Trinajstić information content (AvgIpc) is 2.84. The predicted molar refractivity (Wildman–Crippen MR) is 76.8 cm³/mol. The van der Waals surface area contributed by atoms with E-state index >= 15 is 0 Å². The van der Waals surface area contributed by atoms with Gasteiger partial charge in [-0.2, -0.15) is 13.9 Å². The molecule has 0 fully saturated rings. The minimum absolute atomic E-state index is 0.0258. The first kappa shape index (κ1) is 15.4. The summed E-state index contributed by atoms with van der Waals surface area (Å²) in [4.78, 5) is 0. The minimum Gasteiger partial charge on any atom is -0.435 e. The van der Waals surface area contributed by atoms with Crippen molar-refractivity contribution in [1.29, 1.82) is 0 Å². The fourth-order valence-corrected chi connectivity index (χ4v) is 1.74. The number of nitrogens with zero attached hydrogens (tertiary/aromatic N) is 2. The number of halogens is 2. The zero-order chi connectivity index (χ0) is 15.5. The van der Waals surface area contributed by atoms with E-state index in [2.05, 4.69) is 35.9 Å². The molecule has 1 N–H and O–H groups in total. The Labute approximate surface area is 122 Å². The van der Waals surface area contributed by atoms with Gasteiger partial charge in [-0.1, -0.05) is 0 Å². The molecule has 4 nitrogen and oxygen atoms in total. The molecule has 0 radical (unpaired) electrons. The second-order valence-corrected chi connectivity index (χ2v) is 5.73. The number of alkyl halides is 2. The summed E-state index contributed by atoms with van der Waals surface area (Å²) in [5.74, 6) is 0.135. The molecule has 0 saturated heterocycles. The molecule has 0 unspecified atom stereocenters. The van der Waals surface area contributed by atoms with Crippen molar-refractivity contribution < 1.29 is 13.5 Å². The molecule has 2 rings (SSSR count). The highest BCUT2D eigenvalue weighted by Crippen LogP contribution is 2.17. The fraction of sp³-hybridized carbons (Fsp3) is 0.400. The van der Waals surface area contributed by atoms with Crippen LogP contribution in [-0.4, -0.2) is 21.9 Å². The number of hydrogen-bond acceptors (Lipinski definition) is 3. The molecule has 0 saturated carbocycles. The maximum atomic E-state index is 12.1. The van der Waals surface area contributed by atoms with Crippen molar-refractivity contribution in [2.45, 2.75) is 39.5 Å². The first-order chi connectivity index (χ1) is 9.83. The van der Waals surface area contributed by atoms with E-state index in [0.29, 0.717) is 6.54 Å². The van der Waals surface area contributed by atoms with Gasteiger partial charge in [0.25, 0.3) is 0 Å². The molecule has 6 heteroatoms. The van der Waals surface area contributed by atoms with E-state index in [1.165, 1.54) is 12.1 Å². The zero-order valence-electron chi connectivity index (χ0n) is 12.3. The van der Waals surface area contributed by atoms with Gasteiger partial charge in [0, 0.05) is 18.3 Å². The lowest BCUT2D eigenvalue weighted by Crippen LogP contribution is -2.35. The van der Waals surface area contributed by atoms with E-state index in [9.17, 15) is 8.78 Å². The van der Waals surface area contributed by atoms with Crippen LogP contribution in [0.3, 0.4) is 0 Å². The summed E-state index contributed by atoms with van der Waals surface area (Å²) in [6, 6.07) is 8.28. The quantitative estimate of drug-likeness (QED) is 0.919. The number of benzene rings is 1. The van der Waals surface area contributed by atoms with Crippen LogP contribution < -0.4 is 10.1 Å². The van der Waals surface area contributed by atoms with Crippen molar-refractivity contribution in [2.24, 2.45) is 0 Å². The Morgan fingerprint density at radius 2 is 1.86 bits per heavy atom. The summed E-state index contributed by atoms with van der Waals surface area (Å²) in [6.45, 7) is 4.13. The van der Waals surface area contributed by atoms with E-state index in [1.54, 1.807) is 16.8 Å². The highest BCUT2D eigenvalue weighted by atomic mass is 19.3. The minimum atomic E-state index is -2.81. The van der Waals surface area contributed by atoms with Crippen LogP contribution in [0.4, 0.5) is 8.78 Å². The van der Waals surface area contributed by atoms with Crippen LogP contribution in [0, 0.1) is 0 Å². The van der Waals surface area contributed by atoms with Crippen LogP contribution in [0.25, 0.3) is 5.69 Å². The van der Waals surface area contributed by atoms with Crippen LogP contribution in [-0.2, 0) is 6.54 Å². The van der Waals surface area contributed by atoms with Crippen LogP contribution in [0.2, 0.25) is 0 Å². The van der Waals surface area contributed by atoms with E-state index in [0.717, 1.165) is 11.4 Å². The smallest absolute Gasteiger partial charge is 0.387 e. The maximum Gasteiger partial charge on any atom is 0.387 e. The van der Waals surface area contributed by atoms with Crippen LogP contribution in [0.1, 0.15) is 26.5 Å². The summed E-state index contributed by atoms with van der Waals surface area (Å²) in [7, 11) is 0. The number of hydrogen-bond donors (Lipinski definition) is 1. The third-order valence-corrected chi connectivity index (χ3v) is 2.77. The summed E-state index contributed by atoms with van der Waals surface area (Å²) in [5, 5.41) is 7.79. The van der Waals surface area contributed by atoms with Crippen molar-refractivity contribution in [3.63, 3.8) is 0 Å². The van der Waals surface area contributed by atoms with Crippen molar-refractivity contribution in [3.05, 3.63) is 42.2 Å². The topological polar surface area (TPSA) is 39.1 Å². The molecule has 0 aliphatic rings. The van der Waals surface area contributed by atoms with E-state index in [4.69, 9.17) is 0 Å². The summed E-state index contributed by atoms with van der Waals surface area (Å²) >= 11 is 0. The van der Waals surface area contributed by atoms with Gasteiger partial charge in [-0.15, -0.1) is 0 Å². The van der Waals surface area contributed by atoms with Gasteiger partial charge >= 0.3 is 6.61 Å². The number of nitrogens with one attached hydrogen (secondary N) is 1. The normalized spacial score (nSPS) is 11.9. The predicted octanol–water partition coefficient (Wildman–Crippen LogP) is 3.36. The second-order valence-electron chi connectivity index (χ2n) is 5.73. The summed E-state index contributed by atoms with van der Waals surface area (Å²) in [6.07, 6.45) is 1.84. The highest BCUT2D eigenvalue weighted by Gasteiger charge is 2.10. The lowest BCUT2D eigenvalue weighted by molar-refractivity contribution is -0.0498. The Balaban J connectivity index is 2.03. The Hall–Kier alpha value is -1.95. The van der Waals surface area contributed by atoms with Gasteiger partial charge in [-0.05, 0) is 51.1 Å². The van der Waals surface area contributed by atoms with E-state index in [-0.39, 0.29) is 11.3 Å². The molecular formula is C15H19F2N3O. The third kappa shape index (κ3) is 4.82. The molecular weight excluding hydrogens is 276 g/mol. The lowest BCUT2D eigenvalue weighted by atomic mass is 10.1. The van der Waals surface area contributed by atoms with Crippen LogP contribution in [0.15, 0.2) is 36.5 Å². The Kier molecular flexibility index (Phi) is 4.57. The standard InChI is InChI=1S/C15H19F2N3O/c1-15(2,3)18-10-11-8-9-20(19-11)12-4-6-13(7-5-12)21-14(16)17/h4-9,14,18H,10H2,1-3H3. The molecule has 1 aromatic carbocycles. The van der Waals surface area contributed by atoms with Crippen LogP contribution in [0.5, 0.6) is 5.75 Å². The van der Waals surface area contributed by atoms with Gasteiger partial charge in [0.05, 0.1) is 11.4 Å². The van der Waals surface area contributed by atoms with Gasteiger partial charge in [0.2, 0.25) is 0 Å². The molecule has 0 aliphatic heterocycles. The van der Waals surface area contributed by atoms with Crippen molar-refractivity contribution in [1.82, 2.24) is 15.1 Å². The van der Waals surface area contributed by atoms with Gasteiger partial charge in [0.15, 0.2) is 0 Å². The van der Waals surface area contributed by atoms with E-state index in [1.807, 2.05) is 12.3 Å². The van der Waals surface area contributed by atoms with E-state index < -0.39 is 6.61 Å². The van der Waals surface area contributed by atoms with Gasteiger partial charge in [-0.3, -0.25) is 0 Å². The Morgan fingerprint density at radius 1 is 1.19 bits per heavy atom. The molecule has 0 spiro atoms. The number of ether oxygens (including phenoxy) is 1. The van der Waals surface area contributed by atoms with Gasteiger partial charge < -0.3 is 10.1 Å². The molecule has 0 atom stereocenters. The molecule has 2 aromatic rings. The van der Waals surface area contributed by atoms with Crippen molar-refractivity contribution in [2.75, 3.05) is 0 Å². The SMILES string of the molecule is CC(C)(C)NCc1ccn(-c2ccc(OC(F)F)cc2)n1. The monoisotopic (exact) mass is 295 g/mol.